The van der Waals surface area contributed by atoms with Crippen molar-refractivity contribution < 1.29 is 4.74 Å². The molecule has 5 heteroatoms. The van der Waals surface area contributed by atoms with Crippen LogP contribution in [0.4, 0.5) is 0 Å². The average molecular weight is 254 g/mol. The van der Waals surface area contributed by atoms with Crippen LogP contribution in [0.25, 0.3) is 0 Å². The highest BCUT2D eigenvalue weighted by molar-refractivity contribution is 5.06. The maximum absolute atomic E-state index is 5.96. The Morgan fingerprint density at radius 1 is 1.50 bits per heavy atom. The van der Waals surface area contributed by atoms with Gasteiger partial charge in [0.2, 0.25) is 0 Å². The van der Waals surface area contributed by atoms with Gasteiger partial charge in [0.05, 0.1) is 24.7 Å². The summed E-state index contributed by atoms with van der Waals surface area (Å²) in [6.45, 7) is 7.66. The highest BCUT2D eigenvalue weighted by atomic mass is 16.5. The van der Waals surface area contributed by atoms with Gasteiger partial charge >= 0.3 is 0 Å². The van der Waals surface area contributed by atoms with Gasteiger partial charge in [0.1, 0.15) is 0 Å². The molecule has 0 spiro atoms. The van der Waals surface area contributed by atoms with E-state index in [9.17, 15) is 0 Å². The maximum Gasteiger partial charge on any atom is 0.0946 e. The molecule has 0 radical (unpaired) electrons. The van der Waals surface area contributed by atoms with Crippen LogP contribution in [0, 0.1) is 5.92 Å². The van der Waals surface area contributed by atoms with Crippen LogP contribution >= 0.6 is 0 Å². The van der Waals surface area contributed by atoms with Gasteiger partial charge in [-0.3, -0.25) is 4.90 Å². The summed E-state index contributed by atoms with van der Waals surface area (Å²) in [5, 5.41) is 0. The third kappa shape index (κ3) is 4.08. The Kier molecular flexibility index (Phi) is 6.32. The van der Waals surface area contributed by atoms with Gasteiger partial charge < -0.3 is 15.0 Å². The molecule has 0 saturated heterocycles. The van der Waals surface area contributed by atoms with E-state index >= 15 is 0 Å². The van der Waals surface area contributed by atoms with E-state index in [1.165, 1.54) is 0 Å². The Balaban J connectivity index is 2.82. The number of ether oxygens (including phenoxy) is 1. The van der Waals surface area contributed by atoms with Gasteiger partial charge in [0.25, 0.3) is 0 Å². The molecular formula is C13H26N4O. The summed E-state index contributed by atoms with van der Waals surface area (Å²) < 4.78 is 7.23. The quantitative estimate of drug-likeness (QED) is 0.752. The summed E-state index contributed by atoms with van der Waals surface area (Å²) in [5.41, 5.74) is 7.12. The smallest absolute Gasteiger partial charge is 0.0946 e. The zero-order valence-corrected chi connectivity index (χ0v) is 12.0. The number of hydrogen-bond acceptors (Lipinski definition) is 4. The normalized spacial score (nSPS) is 13.5. The number of nitrogens with zero attached hydrogens (tertiary/aromatic N) is 3. The van der Waals surface area contributed by atoms with Crippen molar-refractivity contribution >= 4 is 0 Å². The Bertz CT molecular complexity index is 337. The van der Waals surface area contributed by atoms with E-state index < -0.39 is 0 Å². The molecule has 0 saturated carbocycles. The number of aryl methyl sites for hydroxylation is 1. The fraction of sp³-hybridized carbons (Fsp3) is 0.769. The minimum absolute atomic E-state index is 0.204. The molecule has 1 atom stereocenters. The first-order chi connectivity index (χ1) is 8.60. The molecule has 1 heterocycles. The van der Waals surface area contributed by atoms with E-state index in [1.54, 1.807) is 7.11 Å². The summed E-state index contributed by atoms with van der Waals surface area (Å²) in [7, 11) is 3.74. The second kappa shape index (κ2) is 7.51. The number of nitrogens with two attached hydrogens (primary N) is 1. The molecule has 0 aromatic carbocycles. The van der Waals surface area contributed by atoms with E-state index in [4.69, 9.17) is 10.5 Å². The lowest BCUT2D eigenvalue weighted by Gasteiger charge is -2.32. The van der Waals surface area contributed by atoms with Crippen molar-refractivity contribution in [3.63, 3.8) is 0 Å². The standard InChI is InChI=1S/C13H26N4O/c1-11(2)9-17(5-6-18-4)12(7-14)13-8-15-10-16(13)3/h8,10-12H,5-7,9,14H2,1-4H3. The third-order valence-electron chi connectivity index (χ3n) is 3.04. The molecule has 0 amide bonds. The summed E-state index contributed by atoms with van der Waals surface area (Å²) in [4.78, 5) is 6.56. The minimum Gasteiger partial charge on any atom is -0.383 e. The molecule has 0 aliphatic rings. The molecule has 0 bridgehead atoms. The van der Waals surface area contributed by atoms with Gasteiger partial charge in [-0.1, -0.05) is 13.8 Å². The van der Waals surface area contributed by atoms with E-state index in [0.29, 0.717) is 12.5 Å². The lowest BCUT2D eigenvalue weighted by atomic mass is 10.1. The van der Waals surface area contributed by atoms with Gasteiger partial charge in [0.15, 0.2) is 0 Å². The van der Waals surface area contributed by atoms with E-state index in [2.05, 4.69) is 23.7 Å². The first kappa shape index (κ1) is 15.1. The monoisotopic (exact) mass is 254 g/mol. The molecule has 2 N–H and O–H groups in total. The number of imidazole rings is 1. The van der Waals surface area contributed by atoms with Gasteiger partial charge in [-0.15, -0.1) is 0 Å². The Morgan fingerprint density at radius 3 is 2.67 bits per heavy atom. The van der Waals surface area contributed by atoms with Crippen LogP contribution < -0.4 is 5.73 Å². The van der Waals surface area contributed by atoms with Gasteiger partial charge in [-0.05, 0) is 5.92 Å². The van der Waals surface area contributed by atoms with Crippen LogP contribution in [0.2, 0.25) is 0 Å². The van der Waals surface area contributed by atoms with Crippen molar-refractivity contribution in [2.75, 3.05) is 33.4 Å². The molecule has 1 unspecified atom stereocenters. The summed E-state index contributed by atoms with van der Waals surface area (Å²) in [5.74, 6) is 0.601. The van der Waals surface area contributed by atoms with Crippen molar-refractivity contribution in [3.8, 4) is 0 Å². The Morgan fingerprint density at radius 2 is 2.22 bits per heavy atom. The fourth-order valence-electron chi connectivity index (χ4n) is 2.20. The highest BCUT2D eigenvalue weighted by Crippen LogP contribution is 2.19. The van der Waals surface area contributed by atoms with Crippen molar-refractivity contribution in [2.24, 2.45) is 18.7 Å². The molecule has 1 aromatic rings. The molecule has 0 fully saturated rings. The van der Waals surface area contributed by atoms with Gasteiger partial charge in [-0.2, -0.15) is 0 Å². The van der Waals surface area contributed by atoms with Crippen LogP contribution in [0.5, 0.6) is 0 Å². The molecule has 1 rings (SSSR count). The SMILES string of the molecule is COCCN(CC(C)C)C(CN)c1cncn1C. The lowest BCUT2D eigenvalue weighted by molar-refractivity contribution is 0.109. The minimum atomic E-state index is 0.204. The van der Waals surface area contributed by atoms with Crippen LogP contribution in [-0.4, -0.2) is 47.8 Å². The van der Waals surface area contributed by atoms with Crippen LogP contribution in [0.1, 0.15) is 25.6 Å². The second-order valence-electron chi connectivity index (χ2n) is 5.06. The third-order valence-corrected chi connectivity index (χ3v) is 3.04. The van der Waals surface area contributed by atoms with Gasteiger partial charge in [0, 0.05) is 40.0 Å². The Labute approximate surface area is 110 Å². The molecule has 5 nitrogen and oxygen atoms in total. The predicted octanol–water partition coefficient (Wildman–Crippen LogP) is 1.02. The summed E-state index contributed by atoms with van der Waals surface area (Å²) in [6, 6.07) is 0.204. The lowest BCUT2D eigenvalue weighted by Crippen LogP contribution is -2.39. The first-order valence-corrected chi connectivity index (χ1v) is 6.49. The topological polar surface area (TPSA) is 56.3 Å². The van der Waals surface area contributed by atoms with Crippen molar-refractivity contribution in [1.82, 2.24) is 14.5 Å². The second-order valence-corrected chi connectivity index (χ2v) is 5.06. The predicted molar refractivity (Wildman–Crippen MR) is 73.3 cm³/mol. The van der Waals surface area contributed by atoms with E-state index in [-0.39, 0.29) is 6.04 Å². The van der Waals surface area contributed by atoms with Gasteiger partial charge in [-0.25, -0.2) is 4.98 Å². The number of aromatic nitrogens is 2. The zero-order chi connectivity index (χ0) is 13.5. The Hall–Kier alpha value is -0.910. The summed E-state index contributed by atoms with van der Waals surface area (Å²) in [6.07, 6.45) is 3.72. The molecule has 104 valence electrons. The zero-order valence-electron chi connectivity index (χ0n) is 12.0. The van der Waals surface area contributed by atoms with E-state index in [1.807, 2.05) is 24.1 Å². The molecule has 18 heavy (non-hydrogen) atoms. The van der Waals surface area contributed by atoms with Crippen molar-refractivity contribution in [1.29, 1.82) is 0 Å². The van der Waals surface area contributed by atoms with E-state index in [0.717, 1.165) is 25.4 Å². The fourth-order valence-corrected chi connectivity index (χ4v) is 2.20. The number of hydrogen-bond donors (Lipinski definition) is 1. The average Bonchev–Trinajstić information content (AvgIpc) is 2.73. The maximum atomic E-state index is 5.96. The van der Waals surface area contributed by atoms with Crippen LogP contribution in [0.3, 0.4) is 0 Å². The number of methoxy groups -OCH3 is 1. The summed E-state index contributed by atoms with van der Waals surface area (Å²) >= 11 is 0. The van der Waals surface area contributed by atoms with Crippen LogP contribution in [-0.2, 0) is 11.8 Å². The van der Waals surface area contributed by atoms with Crippen LogP contribution in [0.15, 0.2) is 12.5 Å². The molecule has 1 aromatic heterocycles. The number of rotatable bonds is 8. The highest BCUT2D eigenvalue weighted by Gasteiger charge is 2.22. The largest absolute Gasteiger partial charge is 0.383 e. The first-order valence-electron chi connectivity index (χ1n) is 6.49. The van der Waals surface area contributed by atoms with Crippen molar-refractivity contribution in [3.05, 3.63) is 18.2 Å². The van der Waals surface area contributed by atoms with Crippen molar-refractivity contribution in [2.45, 2.75) is 19.9 Å². The molecular weight excluding hydrogens is 228 g/mol. The molecule has 0 aliphatic heterocycles. The molecule has 0 aliphatic carbocycles.